The van der Waals surface area contributed by atoms with Crippen molar-refractivity contribution in [1.82, 2.24) is 19.9 Å². The van der Waals surface area contributed by atoms with Gasteiger partial charge in [-0.05, 0) is 36.8 Å². The van der Waals surface area contributed by atoms with E-state index in [-0.39, 0.29) is 0 Å². The highest BCUT2D eigenvalue weighted by Crippen LogP contribution is 2.30. The highest BCUT2D eigenvalue weighted by Gasteiger charge is 2.15. The van der Waals surface area contributed by atoms with E-state index < -0.39 is 0 Å². The number of nitrogens with zero attached hydrogens (tertiary/aromatic N) is 4. The van der Waals surface area contributed by atoms with Crippen molar-refractivity contribution < 1.29 is 4.42 Å². The molecule has 0 spiro atoms. The second-order valence-corrected chi connectivity index (χ2v) is 8.05. The van der Waals surface area contributed by atoms with Crippen LogP contribution in [-0.2, 0) is 0 Å². The Morgan fingerprint density at radius 1 is 0.529 bits per heavy atom. The lowest BCUT2D eigenvalue weighted by molar-refractivity contribution is 0.619. The van der Waals surface area contributed by atoms with Crippen molar-refractivity contribution in [3.8, 4) is 45.6 Å². The first-order chi connectivity index (χ1) is 16.7. The average molecular weight is 441 g/mol. The molecule has 0 aliphatic rings. The van der Waals surface area contributed by atoms with E-state index in [1.165, 1.54) is 0 Å². The number of aromatic nitrogens is 4. The standard InChI is InChI=1S/C29H20N4O/c1-19-18-22(16-17-23(19)29-30-24-14-8-9-15-25(24)34-29)28-32-26(20-10-4-2-5-11-20)31-27(33-28)21-12-6-3-7-13-21/h2-18H,1H3. The van der Waals surface area contributed by atoms with Gasteiger partial charge in [0.1, 0.15) is 5.52 Å². The first kappa shape index (κ1) is 20.0. The fourth-order valence-corrected chi connectivity index (χ4v) is 3.97. The molecule has 0 saturated heterocycles. The lowest BCUT2D eigenvalue weighted by atomic mass is 10.0. The average Bonchev–Trinajstić information content (AvgIpc) is 3.33. The van der Waals surface area contributed by atoms with Gasteiger partial charge >= 0.3 is 0 Å². The van der Waals surface area contributed by atoms with Crippen LogP contribution in [0.5, 0.6) is 0 Å². The predicted molar refractivity (Wildman–Crippen MR) is 134 cm³/mol. The Morgan fingerprint density at radius 2 is 1.09 bits per heavy atom. The van der Waals surface area contributed by atoms with Crippen LogP contribution < -0.4 is 0 Å². The van der Waals surface area contributed by atoms with Gasteiger partial charge in [0.25, 0.3) is 0 Å². The molecule has 0 aliphatic carbocycles. The molecule has 0 fully saturated rings. The second kappa shape index (κ2) is 8.37. The molecule has 0 bridgehead atoms. The van der Waals surface area contributed by atoms with Gasteiger partial charge in [0.2, 0.25) is 5.89 Å². The van der Waals surface area contributed by atoms with Crippen LogP contribution in [0, 0.1) is 6.92 Å². The van der Waals surface area contributed by atoms with E-state index in [1.54, 1.807) is 0 Å². The molecule has 6 aromatic rings. The fraction of sp³-hybridized carbons (Fsp3) is 0.0345. The maximum atomic E-state index is 5.98. The Morgan fingerprint density at radius 3 is 1.68 bits per heavy atom. The van der Waals surface area contributed by atoms with E-state index in [0.717, 1.165) is 38.9 Å². The minimum absolute atomic E-state index is 0.607. The van der Waals surface area contributed by atoms with Crippen LogP contribution in [0.15, 0.2) is 108 Å². The van der Waals surface area contributed by atoms with Gasteiger partial charge in [0.15, 0.2) is 23.1 Å². The molecule has 0 N–H and O–H groups in total. The molecule has 162 valence electrons. The van der Waals surface area contributed by atoms with Crippen molar-refractivity contribution in [2.45, 2.75) is 6.92 Å². The summed E-state index contributed by atoms with van der Waals surface area (Å²) in [5.74, 6) is 2.52. The summed E-state index contributed by atoms with van der Waals surface area (Å²) in [6, 6.07) is 33.8. The van der Waals surface area contributed by atoms with E-state index >= 15 is 0 Å². The van der Waals surface area contributed by atoms with E-state index in [0.29, 0.717) is 23.4 Å². The summed E-state index contributed by atoms with van der Waals surface area (Å²) in [4.78, 5) is 19.0. The molecule has 0 unspecified atom stereocenters. The Bertz CT molecular complexity index is 1520. The maximum absolute atomic E-state index is 5.98. The molecule has 0 amide bonds. The Hall–Kier alpha value is -4.64. The van der Waals surface area contributed by atoms with Crippen LogP contribution in [0.1, 0.15) is 5.56 Å². The molecule has 2 aromatic heterocycles. The lowest BCUT2D eigenvalue weighted by Crippen LogP contribution is -2.00. The number of aryl methyl sites for hydroxylation is 1. The third-order valence-corrected chi connectivity index (χ3v) is 5.71. The van der Waals surface area contributed by atoms with Crippen molar-refractivity contribution >= 4 is 11.1 Å². The van der Waals surface area contributed by atoms with Gasteiger partial charge in [-0.1, -0.05) is 78.9 Å². The summed E-state index contributed by atoms with van der Waals surface area (Å²) in [6.07, 6.45) is 0. The quantitative estimate of drug-likeness (QED) is 0.296. The highest BCUT2D eigenvalue weighted by molar-refractivity contribution is 5.77. The highest BCUT2D eigenvalue weighted by atomic mass is 16.3. The summed E-state index contributed by atoms with van der Waals surface area (Å²) in [6.45, 7) is 2.05. The van der Waals surface area contributed by atoms with Gasteiger partial charge in [-0.25, -0.2) is 19.9 Å². The Labute approximate surface area is 196 Å². The summed E-state index contributed by atoms with van der Waals surface area (Å²) in [5, 5.41) is 0. The zero-order valence-corrected chi connectivity index (χ0v) is 18.5. The zero-order valence-electron chi connectivity index (χ0n) is 18.5. The van der Waals surface area contributed by atoms with Crippen LogP contribution in [0.2, 0.25) is 0 Å². The molecule has 4 aromatic carbocycles. The smallest absolute Gasteiger partial charge is 0.227 e. The zero-order chi connectivity index (χ0) is 22.9. The molecule has 5 nitrogen and oxygen atoms in total. The number of benzene rings is 4. The third-order valence-electron chi connectivity index (χ3n) is 5.71. The van der Waals surface area contributed by atoms with E-state index in [2.05, 4.69) is 11.1 Å². The predicted octanol–water partition coefficient (Wildman–Crippen LogP) is 6.99. The Balaban J connectivity index is 1.46. The number of hydrogen-bond donors (Lipinski definition) is 0. The molecule has 0 saturated carbocycles. The van der Waals surface area contributed by atoms with Crippen LogP contribution in [0.3, 0.4) is 0 Å². The van der Waals surface area contributed by atoms with Crippen molar-refractivity contribution in [3.05, 3.63) is 109 Å². The first-order valence-electron chi connectivity index (χ1n) is 11.1. The third kappa shape index (κ3) is 3.73. The van der Waals surface area contributed by atoms with Crippen LogP contribution in [0.4, 0.5) is 0 Å². The molecular formula is C29H20N4O. The van der Waals surface area contributed by atoms with E-state index in [1.807, 2.05) is 104 Å². The monoisotopic (exact) mass is 440 g/mol. The number of fused-ring (bicyclic) bond motifs is 1. The lowest BCUT2D eigenvalue weighted by Gasteiger charge is -2.09. The number of para-hydroxylation sites is 2. The molecule has 2 heterocycles. The van der Waals surface area contributed by atoms with Gasteiger partial charge in [-0.3, -0.25) is 0 Å². The van der Waals surface area contributed by atoms with Crippen LogP contribution in [0.25, 0.3) is 56.7 Å². The summed E-state index contributed by atoms with van der Waals surface area (Å²) in [5.41, 5.74) is 6.41. The molecule has 0 radical (unpaired) electrons. The van der Waals surface area contributed by atoms with E-state index in [9.17, 15) is 0 Å². The van der Waals surface area contributed by atoms with Crippen molar-refractivity contribution in [2.75, 3.05) is 0 Å². The second-order valence-electron chi connectivity index (χ2n) is 8.05. The topological polar surface area (TPSA) is 64.7 Å². The Kier molecular flexibility index (Phi) is 4.92. The minimum Gasteiger partial charge on any atom is -0.436 e. The van der Waals surface area contributed by atoms with Crippen molar-refractivity contribution in [3.63, 3.8) is 0 Å². The SMILES string of the molecule is Cc1cc(-c2nc(-c3ccccc3)nc(-c3ccccc3)n2)ccc1-c1nc2ccccc2o1. The number of oxazole rings is 1. The number of rotatable bonds is 4. The van der Waals surface area contributed by atoms with Crippen LogP contribution >= 0.6 is 0 Å². The fourth-order valence-electron chi connectivity index (χ4n) is 3.97. The molecule has 0 aliphatic heterocycles. The molecule has 0 atom stereocenters. The van der Waals surface area contributed by atoms with Gasteiger partial charge < -0.3 is 4.42 Å². The molecule has 34 heavy (non-hydrogen) atoms. The molecule has 5 heteroatoms. The van der Waals surface area contributed by atoms with Gasteiger partial charge in [0, 0.05) is 22.3 Å². The van der Waals surface area contributed by atoms with E-state index in [4.69, 9.17) is 19.4 Å². The van der Waals surface area contributed by atoms with Gasteiger partial charge in [-0.15, -0.1) is 0 Å². The number of hydrogen-bond acceptors (Lipinski definition) is 5. The normalized spacial score (nSPS) is 11.1. The van der Waals surface area contributed by atoms with Gasteiger partial charge in [0.05, 0.1) is 0 Å². The largest absolute Gasteiger partial charge is 0.436 e. The summed E-state index contributed by atoms with van der Waals surface area (Å²) < 4.78 is 5.98. The van der Waals surface area contributed by atoms with Crippen molar-refractivity contribution in [1.29, 1.82) is 0 Å². The van der Waals surface area contributed by atoms with Crippen molar-refractivity contribution in [2.24, 2.45) is 0 Å². The maximum Gasteiger partial charge on any atom is 0.227 e. The summed E-state index contributed by atoms with van der Waals surface area (Å²) in [7, 11) is 0. The van der Waals surface area contributed by atoms with Gasteiger partial charge in [-0.2, -0.15) is 0 Å². The minimum atomic E-state index is 0.607. The first-order valence-corrected chi connectivity index (χ1v) is 11.1. The molecular weight excluding hydrogens is 420 g/mol. The molecule has 6 rings (SSSR count). The summed E-state index contributed by atoms with van der Waals surface area (Å²) >= 11 is 0. The van der Waals surface area contributed by atoms with Crippen LogP contribution in [-0.4, -0.2) is 19.9 Å².